The molecule has 48 heteroatoms. The van der Waals surface area contributed by atoms with Crippen molar-refractivity contribution in [2.24, 2.45) is 12.2 Å². The highest BCUT2D eigenvalue weighted by Gasteiger charge is 2.49. The Bertz CT molecular complexity index is 3580. The second-order valence-electron chi connectivity index (χ2n) is 15.8. The molecule has 456 valence electrons. The van der Waals surface area contributed by atoms with Gasteiger partial charge in [-0.3, -0.25) is 51.6 Å². The summed E-state index contributed by atoms with van der Waals surface area (Å²) in [5, 5.41) is 51.5. The average Bonchev–Trinajstić information content (AvgIpc) is 4.18. The molecular weight excluding hydrogens is 1230 g/mol. The molecule has 14 atom stereocenters. The SMILES string of the molecule is C.C#CC.C#CCCP(=O)(O)OP(=O)(O)OP(=O)(O)OCC1OC(n2cnc3c(=O)[nH]c(N)nc32)C(O)C1O.CN=[N+]=[N-].Cn1cc(CCP(=O)(O)OP(=O)(O)OP(=O)(O)OCC2OC(n3cnc4c(=O)[nH]c(N)nc43)C(O)C2O)nn1. The van der Waals surface area contributed by atoms with Crippen molar-refractivity contribution in [3.63, 3.8) is 0 Å². The van der Waals surface area contributed by atoms with Crippen molar-refractivity contribution in [3.05, 3.63) is 55.7 Å². The molecule has 0 amide bonds. The molecule has 2 saturated heterocycles. The number of H-pyrrole nitrogens is 2. The first kappa shape index (κ1) is 70.8. The lowest BCUT2D eigenvalue weighted by molar-refractivity contribution is -0.0503. The summed E-state index contributed by atoms with van der Waals surface area (Å²) in [6.07, 6.45) is -1.48. The zero-order valence-electron chi connectivity index (χ0n) is 41.5. The highest BCUT2D eigenvalue weighted by Crippen LogP contribution is 2.68. The molecule has 7 heterocycles. The third kappa shape index (κ3) is 20.1. The maximum atomic E-state index is 12.2. The summed E-state index contributed by atoms with van der Waals surface area (Å²) in [5.41, 5.74) is 16.8. The van der Waals surface area contributed by atoms with E-state index in [1.54, 1.807) is 14.0 Å². The van der Waals surface area contributed by atoms with Gasteiger partial charge in [0.05, 0.1) is 43.9 Å². The molecule has 2 aliphatic rings. The van der Waals surface area contributed by atoms with E-state index in [1.807, 2.05) is 5.92 Å². The number of azide groups is 1. The number of aliphatic hydroxyl groups excluding tert-OH is 4. The molecular formula is C34H54N16O26P6. The number of anilines is 2. The summed E-state index contributed by atoms with van der Waals surface area (Å²) < 4.78 is 112. The molecule has 0 bridgehead atoms. The number of phosphoric ester groups is 2. The zero-order chi connectivity index (χ0) is 61.1. The van der Waals surface area contributed by atoms with Gasteiger partial charge < -0.3 is 70.7 Å². The summed E-state index contributed by atoms with van der Waals surface area (Å²) in [6, 6.07) is 0. The number of rotatable bonds is 21. The van der Waals surface area contributed by atoms with Gasteiger partial charge in [0.25, 0.3) is 11.1 Å². The Labute approximate surface area is 459 Å². The van der Waals surface area contributed by atoms with Crippen molar-refractivity contribution in [2.45, 2.75) is 76.3 Å². The first-order chi connectivity index (χ1) is 37.5. The highest BCUT2D eigenvalue weighted by atomic mass is 31.3. The van der Waals surface area contributed by atoms with Crippen LogP contribution in [0.3, 0.4) is 0 Å². The smallest absolute Gasteiger partial charge is 0.387 e. The van der Waals surface area contributed by atoms with E-state index in [1.165, 1.54) is 17.9 Å². The van der Waals surface area contributed by atoms with Crippen LogP contribution in [-0.4, -0.2) is 173 Å². The van der Waals surface area contributed by atoms with Crippen LogP contribution in [0.5, 0.6) is 0 Å². The van der Waals surface area contributed by atoms with E-state index in [2.05, 4.69) is 88.9 Å². The number of aryl methyl sites for hydroxylation is 2. The van der Waals surface area contributed by atoms with Crippen LogP contribution in [0.25, 0.3) is 32.8 Å². The number of ether oxygens (including phenoxy) is 2. The predicted molar refractivity (Wildman–Crippen MR) is 276 cm³/mol. The van der Waals surface area contributed by atoms with Crippen LogP contribution in [0.15, 0.2) is 33.6 Å². The van der Waals surface area contributed by atoms with Crippen LogP contribution in [-0.2, 0) is 76.6 Å². The molecule has 5 aromatic heterocycles. The predicted octanol–water partition coefficient (Wildman–Crippen LogP) is -0.889. The second kappa shape index (κ2) is 29.4. The van der Waals surface area contributed by atoms with E-state index in [0.29, 0.717) is 0 Å². The second-order valence-corrected chi connectivity index (χ2v) is 26.1. The van der Waals surface area contributed by atoms with Crippen LogP contribution in [0, 0.1) is 24.7 Å². The fourth-order valence-corrected chi connectivity index (χ4v) is 14.6. The van der Waals surface area contributed by atoms with Gasteiger partial charge in [-0.05, 0) is 12.5 Å². The Morgan fingerprint density at radius 2 is 1.12 bits per heavy atom. The molecule has 0 saturated carbocycles. The van der Waals surface area contributed by atoms with Gasteiger partial charge in [0.2, 0.25) is 11.9 Å². The minimum absolute atomic E-state index is 0. The summed E-state index contributed by atoms with van der Waals surface area (Å²) >= 11 is 0. The zero-order valence-corrected chi connectivity index (χ0v) is 46.8. The Kier molecular flexibility index (Phi) is 25.4. The first-order valence-corrected chi connectivity index (χ1v) is 31.2. The molecule has 0 radical (unpaired) electrons. The molecule has 82 heavy (non-hydrogen) atoms. The molecule has 42 nitrogen and oxygen atoms in total. The number of phosphoric acid groups is 4. The van der Waals surface area contributed by atoms with E-state index in [4.69, 9.17) is 32.9 Å². The Hall–Kier alpha value is -5.47. The summed E-state index contributed by atoms with van der Waals surface area (Å²) in [5.74, 6) is 3.72. The van der Waals surface area contributed by atoms with E-state index in [-0.39, 0.29) is 60.2 Å². The third-order valence-electron chi connectivity index (χ3n) is 9.73. The van der Waals surface area contributed by atoms with Gasteiger partial charge in [0, 0.05) is 38.0 Å². The molecule has 0 aliphatic carbocycles. The number of aliphatic hydroxyl groups is 4. The lowest BCUT2D eigenvalue weighted by Gasteiger charge is -2.20. The topological polar surface area (TPSA) is 637 Å². The Balaban J connectivity index is 0.000000384. The molecule has 0 spiro atoms. The minimum Gasteiger partial charge on any atom is -0.387 e. The largest absolute Gasteiger partial charge is 0.488 e. The van der Waals surface area contributed by atoms with Gasteiger partial charge in [-0.15, -0.1) is 29.8 Å². The van der Waals surface area contributed by atoms with Crippen LogP contribution >= 0.6 is 46.5 Å². The van der Waals surface area contributed by atoms with Crippen LogP contribution in [0.2, 0.25) is 0 Å². The number of nitrogens with zero attached hydrogens (tertiary/aromatic N) is 12. The molecule has 2 aliphatic heterocycles. The number of hydrogen-bond donors (Lipinski definition) is 14. The summed E-state index contributed by atoms with van der Waals surface area (Å²) in [6.45, 7) is -0.298. The van der Waals surface area contributed by atoms with Crippen molar-refractivity contribution in [1.82, 2.24) is 54.0 Å². The van der Waals surface area contributed by atoms with Gasteiger partial charge in [-0.25, -0.2) is 36.8 Å². The standard InChI is InChI=1S/C15H23N8O13P3.C14H20N5O13P3.C3H4.CH3N3.CH4/c1-22-4-7(20-21-22)2-3-37(27,28)35-39(31,32)36-38(29,30)33-5-8-10(24)11(25)14(34-8)23-6-17-9-12(23)18-15(16)19-13(9)26;1-2-3-4-33(23,24)31-35(27,28)32-34(25,26)29-5-7-9(20)10(21)13(30-7)19-6-16-8-11(19)17-14(15)18-12(8)22;1-3-2;1-3-4-2;/h4,6,8,10-11,14,24-25H,2-3,5H2,1H3,(H,27,28)(H,29,30)(H,31,32)(H3,16,18,19,26);1,6-7,9-10,13,20-21H,3-5H2,(H,23,24)(H,25,26)(H,27,28)(H3,15,17,18,22);1H,2H3;1H3;1H4. The lowest BCUT2D eigenvalue weighted by atomic mass is 10.1. The summed E-state index contributed by atoms with van der Waals surface area (Å²) in [4.78, 5) is 104. The van der Waals surface area contributed by atoms with E-state index >= 15 is 0 Å². The monoisotopic (exact) mass is 1290 g/mol. The van der Waals surface area contributed by atoms with Gasteiger partial charge in [-0.1, -0.05) is 17.8 Å². The normalized spacial score (nSPS) is 24.6. The van der Waals surface area contributed by atoms with E-state index < -0.39 is 132 Å². The van der Waals surface area contributed by atoms with Crippen LogP contribution in [0.4, 0.5) is 11.9 Å². The maximum Gasteiger partial charge on any atom is 0.488 e. The number of nitrogen functional groups attached to an aromatic ring is 2. The Morgan fingerprint density at radius 1 is 0.732 bits per heavy atom. The quantitative estimate of drug-likeness (QED) is 0.0139. The first-order valence-electron chi connectivity index (χ1n) is 21.7. The minimum atomic E-state index is -5.64. The van der Waals surface area contributed by atoms with Gasteiger partial charge in [-0.2, -0.15) is 18.6 Å². The van der Waals surface area contributed by atoms with Crippen molar-refractivity contribution < 1.29 is 113 Å². The number of terminal acetylenes is 2. The van der Waals surface area contributed by atoms with Crippen molar-refractivity contribution in [3.8, 4) is 24.7 Å². The Morgan fingerprint density at radius 3 is 1.48 bits per heavy atom. The molecule has 16 N–H and O–H groups in total. The van der Waals surface area contributed by atoms with Crippen molar-refractivity contribution in [2.75, 3.05) is 44.1 Å². The van der Waals surface area contributed by atoms with Gasteiger partial charge in [0.1, 0.15) is 36.6 Å². The third-order valence-corrected chi connectivity index (χ3v) is 19.3. The van der Waals surface area contributed by atoms with Crippen molar-refractivity contribution in [1.29, 1.82) is 0 Å². The van der Waals surface area contributed by atoms with E-state index in [0.717, 1.165) is 21.8 Å². The number of imidazole rings is 2. The van der Waals surface area contributed by atoms with E-state index in [9.17, 15) is 86.8 Å². The van der Waals surface area contributed by atoms with Crippen LogP contribution in [0.1, 0.15) is 38.9 Å². The maximum absolute atomic E-state index is 12.2. The number of aromatic amines is 2. The fourth-order valence-electron chi connectivity index (χ4n) is 6.50. The highest BCUT2D eigenvalue weighted by molar-refractivity contribution is 7.69. The number of nitrogens with two attached hydrogens (primary N) is 2. The number of aromatic nitrogens is 11. The van der Waals surface area contributed by atoms with Crippen molar-refractivity contribution >= 4 is 80.7 Å². The fraction of sp³-hybridized carbons (Fsp3) is 0.529. The molecule has 5 aromatic rings. The number of hydrogen-bond acceptors (Lipinski definition) is 29. The molecule has 14 unspecified atom stereocenters. The van der Waals surface area contributed by atoms with Crippen LogP contribution < -0.4 is 22.6 Å². The molecule has 2 fully saturated rings. The van der Waals surface area contributed by atoms with Gasteiger partial charge in [0.15, 0.2) is 34.8 Å². The number of nitrogens with one attached hydrogen (secondary N) is 2. The number of fused-ring (bicyclic) bond motifs is 2. The average molecular weight is 1290 g/mol. The lowest BCUT2D eigenvalue weighted by Crippen LogP contribution is -2.33. The molecule has 7 rings (SSSR count). The summed E-state index contributed by atoms with van der Waals surface area (Å²) in [7, 11) is -28.8. The molecule has 0 aromatic carbocycles. The van der Waals surface area contributed by atoms with Gasteiger partial charge >= 0.3 is 46.5 Å².